The van der Waals surface area contributed by atoms with Crippen LogP contribution in [0.1, 0.15) is 28.8 Å². The Morgan fingerprint density at radius 1 is 1.07 bits per heavy atom. The summed E-state index contributed by atoms with van der Waals surface area (Å²) >= 11 is 0. The molecule has 0 radical (unpaired) electrons. The van der Waals surface area contributed by atoms with Crippen LogP contribution in [-0.4, -0.2) is 43.0 Å². The van der Waals surface area contributed by atoms with Gasteiger partial charge in [0.2, 0.25) is 5.91 Å². The van der Waals surface area contributed by atoms with Crippen LogP contribution in [0, 0.1) is 0 Å². The minimum Gasteiger partial charge on any atom is -0.497 e. The van der Waals surface area contributed by atoms with Crippen LogP contribution in [0.4, 0.5) is 0 Å². The van der Waals surface area contributed by atoms with Gasteiger partial charge in [-0.05, 0) is 42.7 Å². The second kappa shape index (κ2) is 9.03. The summed E-state index contributed by atoms with van der Waals surface area (Å²) in [6.07, 6.45) is 4.95. The smallest absolute Gasteiger partial charge is 0.251 e. The summed E-state index contributed by atoms with van der Waals surface area (Å²) in [5.41, 5.74) is 1.59. The second-order valence-corrected chi connectivity index (χ2v) is 6.55. The van der Waals surface area contributed by atoms with Gasteiger partial charge >= 0.3 is 0 Å². The van der Waals surface area contributed by atoms with E-state index >= 15 is 0 Å². The first-order chi connectivity index (χ1) is 13.2. The van der Waals surface area contributed by atoms with Crippen molar-refractivity contribution in [1.29, 1.82) is 0 Å². The molecule has 1 heterocycles. The predicted octanol–water partition coefficient (Wildman–Crippen LogP) is 3.13. The fraction of sp³-hybridized carbons (Fsp3) is 0.273. The number of benzene rings is 2. The molecule has 0 atom stereocenters. The molecular weight excluding hydrogens is 340 g/mol. The molecule has 0 aromatic heterocycles. The molecule has 1 N–H and O–H groups in total. The zero-order chi connectivity index (χ0) is 19.1. The summed E-state index contributed by atoms with van der Waals surface area (Å²) in [6, 6.07) is 16.9. The molecular formula is C22H24N2O3. The van der Waals surface area contributed by atoms with Crippen LogP contribution in [0.15, 0.2) is 60.7 Å². The van der Waals surface area contributed by atoms with Crippen LogP contribution in [0.2, 0.25) is 0 Å². The van der Waals surface area contributed by atoms with Crippen molar-refractivity contribution in [2.45, 2.75) is 18.9 Å². The molecule has 5 nitrogen and oxygen atoms in total. The number of carbonyl (C=O) groups excluding carboxylic acids is 2. The topological polar surface area (TPSA) is 58.6 Å². The molecule has 2 amide bonds. The van der Waals surface area contributed by atoms with E-state index in [0.717, 1.165) is 18.4 Å². The van der Waals surface area contributed by atoms with Crippen molar-refractivity contribution in [3.8, 4) is 5.75 Å². The summed E-state index contributed by atoms with van der Waals surface area (Å²) in [6.45, 7) is 1.28. The SMILES string of the molecule is COc1cccc(C(=O)NC2CCN(C(=O)/C=C/c3ccccc3)CC2)c1. The molecule has 0 aliphatic carbocycles. The highest BCUT2D eigenvalue weighted by Crippen LogP contribution is 2.15. The van der Waals surface area contributed by atoms with Crippen LogP contribution < -0.4 is 10.1 Å². The van der Waals surface area contributed by atoms with E-state index in [9.17, 15) is 9.59 Å². The number of nitrogens with one attached hydrogen (secondary N) is 1. The van der Waals surface area contributed by atoms with E-state index in [1.54, 1.807) is 31.4 Å². The maximum atomic E-state index is 12.4. The maximum absolute atomic E-state index is 12.4. The molecule has 27 heavy (non-hydrogen) atoms. The van der Waals surface area contributed by atoms with Gasteiger partial charge in [0.1, 0.15) is 5.75 Å². The van der Waals surface area contributed by atoms with E-state index < -0.39 is 0 Å². The van der Waals surface area contributed by atoms with Crippen LogP contribution in [-0.2, 0) is 4.79 Å². The van der Waals surface area contributed by atoms with E-state index in [0.29, 0.717) is 24.4 Å². The number of hydrogen-bond acceptors (Lipinski definition) is 3. The largest absolute Gasteiger partial charge is 0.497 e. The van der Waals surface area contributed by atoms with Gasteiger partial charge < -0.3 is 15.0 Å². The number of rotatable bonds is 5. The normalized spacial score (nSPS) is 14.9. The highest BCUT2D eigenvalue weighted by molar-refractivity contribution is 5.95. The number of hydrogen-bond donors (Lipinski definition) is 1. The van der Waals surface area contributed by atoms with Gasteiger partial charge in [0.25, 0.3) is 5.91 Å². The summed E-state index contributed by atoms with van der Waals surface area (Å²) in [5, 5.41) is 3.05. The van der Waals surface area contributed by atoms with Gasteiger partial charge in [-0.3, -0.25) is 9.59 Å². The third kappa shape index (κ3) is 5.20. The van der Waals surface area contributed by atoms with Gasteiger partial charge in [-0.2, -0.15) is 0 Å². The van der Waals surface area contributed by atoms with E-state index in [1.807, 2.05) is 47.4 Å². The average Bonchev–Trinajstić information content (AvgIpc) is 2.73. The molecule has 0 unspecified atom stereocenters. The Labute approximate surface area is 159 Å². The first-order valence-electron chi connectivity index (χ1n) is 9.12. The zero-order valence-electron chi connectivity index (χ0n) is 15.4. The monoisotopic (exact) mass is 364 g/mol. The third-order valence-corrected chi connectivity index (χ3v) is 4.69. The number of amides is 2. The van der Waals surface area contributed by atoms with Crippen LogP contribution >= 0.6 is 0 Å². The van der Waals surface area contributed by atoms with Crippen molar-refractivity contribution in [2.75, 3.05) is 20.2 Å². The van der Waals surface area contributed by atoms with Gasteiger partial charge in [-0.15, -0.1) is 0 Å². The first kappa shape index (κ1) is 18.7. The summed E-state index contributed by atoms with van der Waals surface area (Å²) in [7, 11) is 1.58. The third-order valence-electron chi connectivity index (χ3n) is 4.69. The van der Waals surface area contributed by atoms with Gasteiger partial charge in [-0.25, -0.2) is 0 Å². The lowest BCUT2D eigenvalue weighted by Gasteiger charge is -2.31. The number of carbonyl (C=O) groups is 2. The van der Waals surface area contributed by atoms with Crippen LogP contribution in [0.5, 0.6) is 5.75 Å². The Bertz CT molecular complexity index is 809. The van der Waals surface area contributed by atoms with Gasteiger partial charge in [0, 0.05) is 30.8 Å². The molecule has 1 aliphatic rings. The lowest BCUT2D eigenvalue weighted by molar-refractivity contribution is -0.126. The molecule has 1 saturated heterocycles. The maximum Gasteiger partial charge on any atom is 0.251 e. The predicted molar refractivity (Wildman–Crippen MR) is 106 cm³/mol. The van der Waals surface area contributed by atoms with Crippen molar-refractivity contribution in [1.82, 2.24) is 10.2 Å². The molecule has 0 spiro atoms. The lowest BCUT2D eigenvalue weighted by atomic mass is 10.0. The molecule has 1 aliphatic heterocycles. The van der Waals surface area contributed by atoms with E-state index in [2.05, 4.69) is 5.32 Å². The van der Waals surface area contributed by atoms with Gasteiger partial charge in [0.05, 0.1) is 7.11 Å². The Hall–Kier alpha value is -3.08. The van der Waals surface area contributed by atoms with Crippen molar-refractivity contribution < 1.29 is 14.3 Å². The van der Waals surface area contributed by atoms with E-state index in [1.165, 1.54) is 0 Å². The Kier molecular flexibility index (Phi) is 6.26. The summed E-state index contributed by atoms with van der Waals surface area (Å²) < 4.78 is 5.16. The van der Waals surface area contributed by atoms with E-state index in [-0.39, 0.29) is 17.9 Å². The Balaban J connectivity index is 1.49. The van der Waals surface area contributed by atoms with Crippen molar-refractivity contribution in [3.05, 3.63) is 71.8 Å². The highest BCUT2D eigenvalue weighted by atomic mass is 16.5. The summed E-state index contributed by atoms with van der Waals surface area (Å²) in [5.74, 6) is 0.562. The molecule has 2 aromatic rings. The molecule has 0 bridgehead atoms. The number of ether oxygens (including phenoxy) is 1. The molecule has 3 rings (SSSR count). The second-order valence-electron chi connectivity index (χ2n) is 6.55. The standard InChI is InChI=1S/C22H24N2O3/c1-27-20-9-5-8-18(16-20)22(26)23-19-12-14-24(15-13-19)21(25)11-10-17-6-3-2-4-7-17/h2-11,16,19H,12-15H2,1H3,(H,23,26)/b11-10+. The minimum atomic E-state index is -0.109. The average molecular weight is 364 g/mol. The van der Waals surface area contributed by atoms with Crippen molar-refractivity contribution in [2.24, 2.45) is 0 Å². The molecule has 140 valence electrons. The zero-order valence-corrected chi connectivity index (χ0v) is 15.4. The molecule has 0 saturated carbocycles. The lowest BCUT2D eigenvalue weighted by Crippen LogP contribution is -2.46. The number of methoxy groups -OCH3 is 1. The Morgan fingerprint density at radius 2 is 1.81 bits per heavy atom. The molecule has 2 aromatic carbocycles. The minimum absolute atomic E-state index is 0.0106. The first-order valence-corrected chi connectivity index (χ1v) is 9.12. The quantitative estimate of drug-likeness (QED) is 0.830. The van der Waals surface area contributed by atoms with Crippen LogP contribution in [0.25, 0.3) is 6.08 Å². The van der Waals surface area contributed by atoms with Crippen molar-refractivity contribution >= 4 is 17.9 Å². The van der Waals surface area contributed by atoms with Crippen molar-refractivity contribution in [3.63, 3.8) is 0 Å². The van der Waals surface area contributed by atoms with E-state index in [4.69, 9.17) is 4.74 Å². The van der Waals surface area contributed by atoms with Gasteiger partial charge in [-0.1, -0.05) is 36.4 Å². The molecule has 5 heteroatoms. The Morgan fingerprint density at radius 3 is 2.52 bits per heavy atom. The summed E-state index contributed by atoms with van der Waals surface area (Å²) in [4.78, 5) is 26.6. The van der Waals surface area contributed by atoms with Gasteiger partial charge in [0.15, 0.2) is 0 Å². The van der Waals surface area contributed by atoms with Crippen LogP contribution in [0.3, 0.4) is 0 Å². The molecule has 1 fully saturated rings. The number of nitrogens with zero attached hydrogens (tertiary/aromatic N) is 1. The highest BCUT2D eigenvalue weighted by Gasteiger charge is 2.23. The number of likely N-dealkylation sites (tertiary alicyclic amines) is 1. The number of piperidine rings is 1. The fourth-order valence-electron chi connectivity index (χ4n) is 3.11. The fourth-order valence-corrected chi connectivity index (χ4v) is 3.11.